The number of rotatable bonds is 2. The fraction of sp³-hybridized carbons (Fsp3) is 0.154. The highest BCUT2D eigenvalue weighted by molar-refractivity contribution is 14.1. The second-order valence-electron chi connectivity index (χ2n) is 7.96. The van der Waals surface area contributed by atoms with Crippen molar-refractivity contribution in [2.75, 3.05) is 0 Å². The average Bonchev–Trinajstić information content (AvgIpc) is 2.84. The van der Waals surface area contributed by atoms with E-state index in [2.05, 4.69) is 32.6 Å². The zero-order chi connectivity index (χ0) is 28.5. The summed E-state index contributed by atoms with van der Waals surface area (Å²) in [5.41, 5.74) is 0.263. The molecule has 2 aromatic carbocycles. The van der Waals surface area contributed by atoms with E-state index in [1.807, 2.05) is 18.2 Å². The number of halogens is 7. The van der Waals surface area contributed by atoms with Crippen LogP contribution in [0.25, 0.3) is 11.3 Å². The maximum atomic E-state index is 12.6. The van der Waals surface area contributed by atoms with E-state index in [0.29, 0.717) is 22.4 Å². The van der Waals surface area contributed by atoms with E-state index in [1.165, 1.54) is 13.0 Å². The Kier molecular flexibility index (Phi) is 11.3. The summed E-state index contributed by atoms with van der Waals surface area (Å²) >= 11 is 2.17. The molecule has 0 saturated carbocycles. The fourth-order valence-corrected chi connectivity index (χ4v) is 3.46. The van der Waals surface area contributed by atoms with Gasteiger partial charge < -0.3 is 10.0 Å². The summed E-state index contributed by atoms with van der Waals surface area (Å²) in [5.74, 6) is 0. The van der Waals surface area contributed by atoms with Gasteiger partial charge in [-0.25, -0.2) is 0 Å². The molecule has 200 valence electrons. The van der Waals surface area contributed by atoms with Crippen molar-refractivity contribution in [3.8, 4) is 11.3 Å². The topological polar surface area (TPSA) is 66.2 Å². The molecule has 38 heavy (non-hydrogen) atoms. The Morgan fingerprint density at radius 2 is 1.21 bits per heavy atom. The number of nitrogens with zero attached hydrogens (tertiary/aromatic N) is 2. The van der Waals surface area contributed by atoms with Crippen LogP contribution >= 0.6 is 22.6 Å². The molecule has 0 saturated heterocycles. The van der Waals surface area contributed by atoms with Crippen molar-refractivity contribution in [3.63, 3.8) is 0 Å². The SMILES string of the molecule is Cc1cc(-c2ccccn2)cc(C(F)(F)F)c1.Cc1cc(B(O)O)cc(C(F)(F)F)c1.Ic1ccccn1. The van der Waals surface area contributed by atoms with Crippen molar-refractivity contribution in [2.45, 2.75) is 26.2 Å². The van der Waals surface area contributed by atoms with Crippen LogP contribution in [0.3, 0.4) is 0 Å². The summed E-state index contributed by atoms with van der Waals surface area (Å²) in [7, 11) is -1.88. The van der Waals surface area contributed by atoms with E-state index in [4.69, 9.17) is 10.0 Å². The average molecular weight is 646 g/mol. The maximum absolute atomic E-state index is 12.6. The molecule has 0 amide bonds. The van der Waals surface area contributed by atoms with Crippen molar-refractivity contribution in [3.05, 3.63) is 111 Å². The van der Waals surface area contributed by atoms with Gasteiger partial charge in [-0.1, -0.05) is 29.8 Å². The zero-order valence-electron chi connectivity index (χ0n) is 20.1. The third-order valence-electron chi connectivity index (χ3n) is 4.72. The highest BCUT2D eigenvalue weighted by Gasteiger charge is 2.32. The minimum absolute atomic E-state index is 0.155. The van der Waals surface area contributed by atoms with Crippen LogP contribution in [-0.4, -0.2) is 27.1 Å². The smallest absolute Gasteiger partial charge is 0.423 e. The summed E-state index contributed by atoms with van der Waals surface area (Å²) in [6.07, 6.45) is -5.45. The normalized spacial score (nSPS) is 11.0. The molecular formula is C26H22BF6IN2O2. The minimum atomic E-state index is -4.46. The first-order valence-electron chi connectivity index (χ1n) is 10.9. The number of alkyl halides is 6. The van der Waals surface area contributed by atoms with Gasteiger partial charge in [-0.15, -0.1) is 0 Å². The molecule has 2 aromatic heterocycles. The van der Waals surface area contributed by atoms with Gasteiger partial charge in [-0.3, -0.25) is 9.97 Å². The number of hydrogen-bond acceptors (Lipinski definition) is 4. The molecule has 4 nitrogen and oxygen atoms in total. The van der Waals surface area contributed by atoms with Gasteiger partial charge in [0.2, 0.25) is 0 Å². The summed E-state index contributed by atoms with van der Waals surface area (Å²) in [4.78, 5) is 8.01. The zero-order valence-corrected chi connectivity index (χ0v) is 22.3. The highest BCUT2D eigenvalue weighted by Crippen LogP contribution is 2.33. The van der Waals surface area contributed by atoms with Crippen LogP contribution in [-0.2, 0) is 12.4 Å². The molecule has 0 spiro atoms. The lowest BCUT2D eigenvalue weighted by Gasteiger charge is -2.10. The number of hydrogen-bond donors (Lipinski definition) is 2. The van der Waals surface area contributed by atoms with E-state index in [9.17, 15) is 26.3 Å². The Morgan fingerprint density at radius 3 is 1.63 bits per heavy atom. The van der Waals surface area contributed by atoms with E-state index in [0.717, 1.165) is 28.0 Å². The molecule has 0 atom stereocenters. The molecule has 2 N–H and O–H groups in total. The van der Waals surface area contributed by atoms with Gasteiger partial charge in [0.15, 0.2) is 0 Å². The molecular weight excluding hydrogens is 624 g/mol. The van der Waals surface area contributed by atoms with Gasteiger partial charge in [0.25, 0.3) is 0 Å². The van der Waals surface area contributed by atoms with Crippen LogP contribution < -0.4 is 5.46 Å². The van der Waals surface area contributed by atoms with Crippen molar-refractivity contribution in [1.82, 2.24) is 9.97 Å². The van der Waals surface area contributed by atoms with Gasteiger partial charge in [0.05, 0.1) is 16.8 Å². The number of aryl methyl sites for hydroxylation is 2. The number of benzene rings is 2. The van der Waals surface area contributed by atoms with Crippen LogP contribution in [0.1, 0.15) is 22.3 Å². The fourth-order valence-electron chi connectivity index (χ4n) is 3.10. The third-order valence-corrected chi connectivity index (χ3v) is 5.36. The molecule has 0 bridgehead atoms. The van der Waals surface area contributed by atoms with E-state index < -0.39 is 30.6 Å². The molecule has 0 fully saturated rings. The third kappa shape index (κ3) is 10.4. The standard InChI is InChI=1S/C13H10F3N.C8H8BF3O2.C5H4IN/c1-9-6-10(12-4-2-3-5-17-12)8-11(7-9)13(14,15)16;1-5-2-6(8(10,11)12)4-7(3-5)9(13)14;6-5-3-1-2-4-7-5/h2-8H,1H3;2-4,13-14H,1H3;1-4H. The van der Waals surface area contributed by atoms with Gasteiger partial charge in [0, 0.05) is 18.0 Å². The summed E-state index contributed by atoms with van der Waals surface area (Å²) in [6.45, 7) is 3.10. The summed E-state index contributed by atoms with van der Waals surface area (Å²) in [5, 5.41) is 17.5. The maximum Gasteiger partial charge on any atom is 0.488 e. The molecule has 0 aliphatic heterocycles. The van der Waals surface area contributed by atoms with Crippen LogP contribution in [0.15, 0.2) is 85.2 Å². The highest BCUT2D eigenvalue weighted by atomic mass is 127. The second-order valence-corrected chi connectivity index (χ2v) is 9.06. The van der Waals surface area contributed by atoms with E-state index >= 15 is 0 Å². The van der Waals surface area contributed by atoms with Crippen molar-refractivity contribution >= 4 is 35.2 Å². The Bertz CT molecular complexity index is 1300. The number of pyridine rings is 2. The quantitative estimate of drug-likeness (QED) is 0.114. The first kappa shape index (κ1) is 31.3. The molecule has 12 heteroatoms. The molecule has 0 radical (unpaired) electrons. The lowest BCUT2D eigenvalue weighted by molar-refractivity contribution is -0.138. The second kappa shape index (κ2) is 13.7. The lowest BCUT2D eigenvalue weighted by atomic mass is 9.78. The first-order chi connectivity index (χ1) is 17.7. The lowest BCUT2D eigenvalue weighted by Crippen LogP contribution is -2.31. The van der Waals surface area contributed by atoms with Gasteiger partial charge in [-0.05, 0) is 96.0 Å². The van der Waals surface area contributed by atoms with Gasteiger partial charge in [-0.2, -0.15) is 26.3 Å². The number of aromatic nitrogens is 2. The first-order valence-corrected chi connectivity index (χ1v) is 12.0. The van der Waals surface area contributed by atoms with Crippen LogP contribution in [0.4, 0.5) is 26.3 Å². The van der Waals surface area contributed by atoms with Crippen LogP contribution in [0.2, 0.25) is 0 Å². The van der Waals surface area contributed by atoms with Crippen LogP contribution in [0, 0.1) is 17.5 Å². The van der Waals surface area contributed by atoms with Crippen LogP contribution in [0.5, 0.6) is 0 Å². The monoisotopic (exact) mass is 646 g/mol. The minimum Gasteiger partial charge on any atom is -0.423 e. The molecule has 2 heterocycles. The molecule has 4 rings (SSSR count). The predicted molar refractivity (Wildman–Crippen MR) is 142 cm³/mol. The van der Waals surface area contributed by atoms with Crippen molar-refractivity contribution in [2.24, 2.45) is 0 Å². The van der Waals surface area contributed by atoms with Crippen molar-refractivity contribution < 1.29 is 36.4 Å². The Balaban J connectivity index is 0.000000217. The van der Waals surface area contributed by atoms with E-state index in [-0.39, 0.29) is 5.46 Å². The van der Waals surface area contributed by atoms with E-state index in [1.54, 1.807) is 43.6 Å². The Morgan fingerprint density at radius 1 is 0.684 bits per heavy atom. The summed E-state index contributed by atoms with van der Waals surface area (Å²) in [6, 6.07) is 17.9. The Hall–Kier alpha value is -2.97. The molecule has 0 unspecified atom stereocenters. The summed E-state index contributed by atoms with van der Waals surface area (Å²) < 4.78 is 75.7. The van der Waals surface area contributed by atoms with Gasteiger partial charge >= 0.3 is 19.5 Å². The molecule has 0 aliphatic carbocycles. The van der Waals surface area contributed by atoms with Crippen molar-refractivity contribution in [1.29, 1.82) is 0 Å². The van der Waals surface area contributed by atoms with Gasteiger partial charge in [0.1, 0.15) is 3.70 Å². The molecule has 0 aliphatic rings. The Labute approximate surface area is 229 Å². The predicted octanol–water partition coefficient (Wildman–Crippen LogP) is 6.46. The molecule has 4 aromatic rings. The largest absolute Gasteiger partial charge is 0.488 e.